The molecule has 0 amide bonds. The number of carbonyl (C=O) groups is 1. The van der Waals surface area contributed by atoms with Gasteiger partial charge in [-0.25, -0.2) is 4.79 Å². The molecule has 38 heavy (non-hydrogen) atoms. The molecule has 206 valence electrons. The number of rotatable bonds is 10. The van der Waals surface area contributed by atoms with Gasteiger partial charge >= 0.3 is 12.1 Å². The van der Waals surface area contributed by atoms with Gasteiger partial charge < -0.3 is 13.9 Å². The molecule has 7 nitrogen and oxygen atoms in total. The van der Waals surface area contributed by atoms with E-state index in [2.05, 4.69) is 11.8 Å². The summed E-state index contributed by atoms with van der Waals surface area (Å²) in [5, 5.41) is 10.6. The van der Waals surface area contributed by atoms with Crippen LogP contribution < -0.4 is 0 Å². The molecule has 0 spiro atoms. The fraction of sp³-hybridized carbons (Fsp3) is 0.444. The second-order valence-corrected chi connectivity index (χ2v) is 14.9. The number of non-ortho nitro benzene ring substituents is 1. The number of nitrogens with zero attached hydrogens (tertiary/aromatic N) is 1. The molecule has 0 aromatic heterocycles. The van der Waals surface area contributed by atoms with Crippen LogP contribution in [0, 0.1) is 27.9 Å². The Kier molecular flexibility index (Phi) is 10.6. The van der Waals surface area contributed by atoms with Crippen molar-refractivity contribution in [2.75, 3.05) is 13.2 Å². The first-order valence-electron chi connectivity index (χ1n) is 11.9. The van der Waals surface area contributed by atoms with Gasteiger partial charge in [-0.3, -0.25) is 10.1 Å². The van der Waals surface area contributed by atoms with Gasteiger partial charge in [-0.05, 0) is 35.8 Å². The monoisotopic (exact) mass is 551 g/mol. The molecular formula is C27H32F3NO6Si. The number of nitro benzene ring substituents is 1. The summed E-state index contributed by atoms with van der Waals surface area (Å²) in [6.07, 6.45) is -6.60. The second kappa shape index (κ2) is 13.0. The molecule has 2 rings (SSSR count). The van der Waals surface area contributed by atoms with Crippen molar-refractivity contribution in [3.63, 3.8) is 0 Å². The van der Waals surface area contributed by atoms with Crippen molar-refractivity contribution in [2.45, 2.75) is 57.8 Å². The lowest BCUT2D eigenvalue weighted by atomic mass is 10.0. The molecule has 0 aliphatic rings. The van der Waals surface area contributed by atoms with Crippen molar-refractivity contribution in [1.82, 2.24) is 0 Å². The summed E-state index contributed by atoms with van der Waals surface area (Å²) in [5.41, 5.74) is 0.446. The lowest BCUT2D eigenvalue weighted by Gasteiger charge is -2.37. The van der Waals surface area contributed by atoms with E-state index in [0.717, 1.165) is 29.8 Å². The van der Waals surface area contributed by atoms with Crippen molar-refractivity contribution < 1.29 is 36.8 Å². The summed E-state index contributed by atoms with van der Waals surface area (Å²) < 4.78 is 59.1. The molecule has 0 saturated carbocycles. The van der Waals surface area contributed by atoms with Gasteiger partial charge in [0, 0.05) is 12.1 Å². The number of carbonyl (C=O) groups excluding carboxylic acids is 1. The lowest BCUT2D eigenvalue weighted by Crippen LogP contribution is -2.46. The third-order valence-electron chi connectivity index (χ3n) is 6.25. The molecular weight excluding hydrogens is 519 g/mol. The van der Waals surface area contributed by atoms with Gasteiger partial charge in [0.2, 0.25) is 0 Å². The molecule has 0 fully saturated rings. The van der Waals surface area contributed by atoms with Gasteiger partial charge in [0.1, 0.15) is 12.7 Å². The average Bonchev–Trinajstić information content (AvgIpc) is 2.83. The lowest BCUT2D eigenvalue weighted by molar-refractivity contribution is -0.384. The zero-order valence-electron chi connectivity index (χ0n) is 22.0. The van der Waals surface area contributed by atoms with E-state index in [-0.39, 0.29) is 29.5 Å². The molecule has 0 saturated heterocycles. The Morgan fingerprint density at radius 3 is 2.18 bits per heavy atom. The number of alkyl halides is 3. The van der Waals surface area contributed by atoms with Crippen LogP contribution in [-0.2, 0) is 20.5 Å². The molecule has 2 aromatic carbocycles. The minimum atomic E-state index is -4.83. The van der Waals surface area contributed by atoms with E-state index >= 15 is 0 Å². The first kappa shape index (κ1) is 31.0. The number of hydrogen-bond acceptors (Lipinski definition) is 6. The number of nitro groups is 1. The normalized spacial score (nSPS) is 13.7. The maximum Gasteiger partial charge on any atom is 0.406 e. The van der Waals surface area contributed by atoms with E-state index in [0.29, 0.717) is 0 Å². The van der Waals surface area contributed by atoms with Crippen LogP contribution in [0.4, 0.5) is 18.9 Å². The van der Waals surface area contributed by atoms with Crippen LogP contribution in [-0.4, -0.2) is 44.7 Å². The number of ether oxygens (including phenoxy) is 2. The molecule has 2 atom stereocenters. The molecule has 0 aliphatic carbocycles. The first-order chi connectivity index (χ1) is 17.6. The molecule has 0 bridgehead atoms. The van der Waals surface area contributed by atoms with Crippen molar-refractivity contribution in [3.05, 3.63) is 75.8 Å². The summed E-state index contributed by atoms with van der Waals surface area (Å²) >= 11 is 0. The van der Waals surface area contributed by atoms with Crippen molar-refractivity contribution in [2.24, 2.45) is 5.92 Å². The highest BCUT2D eigenvalue weighted by molar-refractivity contribution is 6.74. The molecule has 0 heterocycles. The quantitative estimate of drug-likeness (QED) is 0.0832. The van der Waals surface area contributed by atoms with Crippen molar-refractivity contribution in [1.29, 1.82) is 0 Å². The van der Waals surface area contributed by atoms with E-state index in [1.165, 1.54) is 0 Å². The van der Waals surface area contributed by atoms with Gasteiger partial charge in [-0.15, -0.1) is 0 Å². The summed E-state index contributed by atoms with van der Waals surface area (Å²) in [6, 6.07) is 13.5. The summed E-state index contributed by atoms with van der Waals surface area (Å²) in [5.74, 6) is 1.16. The highest BCUT2D eigenvalue weighted by Gasteiger charge is 2.47. The Morgan fingerprint density at radius 2 is 1.66 bits per heavy atom. The minimum Gasteiger partial charge on any atom is -0.455 e. The van der Waals surface area contributed by atoms with Crippen LogP contribution >= 0.6 is 0 Å². The van der Waals surface area contributed by atoms with Crippen molar-refractivity contribution in [3.8, 4) is 11.8 Å². The fourth-order valence-corrected chi connectivity index (χ4v) is 3.98. The predicted molar refractivity (Wildman–Crippen MR) is 139 cm³/mol. The van der Waals surface area contributed by atoms with Crippen LogP contribution in [0.1, 0.15) is 36.7 Å². The number of halogens is 3. The van der Waals surface area contributed by atoms with E-state index in [9.17, 15) is 28.1 Å². The zero-order valence-corrected chi connectivity index (χ0v) is 23.0. The number of hydrogen-bond donors (Lipinski definition) is 0. The topological polar surface area (TPSA) is 87.9 Å². The average molecular weight is 552 g/mol. The SMILES string of the molecule is CC(C)(C)[Si](C)(C)OC[C@H](OC(=O)c1ccc([N+](=O)[O-])cc1)[C@@H](C#CCOCc1ccccc1)C(F)(F)F. The Bertz CT molecular complexity index is 1140. The van der Waals surface area contributed by atoms with Gasteiger partial charge in [0.25, 0.3) is 5.69 Å². The van der Waals surface area contributed by atoms with Crippen LogP contribution in [0.25, 0.3) is 0 Å². The van der Waals surface area contributed by atoms with Crippen molar-refractivity contribution >= 4 is 20.0 Å². The van der Waals surface area contributed by atoms with Crippen LogP contribution in [0.2, 0.25) is 18.1 Å². The minimum absolute atomic E-state index is 0.131. The van der Waals surface area contributed by atoms with E-state index in [1.807, 2.05) is 64.2 Å². The summed E-state index contributed by atoms with van der Waals surface area (Å²) in [4.78, 5) is 23.0. The van der Waals surface area contributed by atoms with Crippen LogP contribution in [0.15, 0.2) is 54.6 Å². The maximum atomic E-state index is 14.1. The highest BCUT2D eigenvalue weighted by Crippen LogP contribution is 2.38. The zero-order chi connectivity index (χ0) is 28.6. The van der Waals surface area contributed by atoms with E-state index in [4.69, 9.17) is 13.9 Å². The molecule has 0 radical (unpaired) electrons. The Balaban J connectivity index is 2.26. The van der Waals surface area contributed by atoms with Gasteiger partial charge in [-0.2, -0.15) is 13.2 Å². The first-order valence-corrected chi connectivity index (χ1v) is 14.8. The van der Waals surface area contributed by atoms with Crippen LogP contribution in [0.5, 0.6) is 0 Å². The maximum absolute atomic E-state index is 14.1. The standard InChI is InChI=1S/C27H32F3NO6Si/c1-26(2,3)38(4,5)36-19-24(37-25(32)21-13-15-22(16-14-21)31(33)34)23(27(28,29)30)12-9-17-35-18-20-10-7-6-8-11-20/h6-8,10-11,13-16,23-24H,17-19H2,1-5H3/t23-,24+/m1/s1. The summed E-state index contributed by atoms with van der Waals surface area (Å²) in [6.45, 7) is 8.94. The molecule has 0 aliphatic heterocycles. The van der Waals surface area contributed by atoms with Gasteiger partial charge in [0.15, 0.2) is 14.2 Å². The second-order valence-electron chi connectivity index (χ2n) is 10.1. The summed E-state index contributed by atoms with van der Waals surface area (Å²) in [7, 11) is -2.51. The Morgan fingerprint density at radius 1 is 1.05 bits per heavy atom. The third-order valence-corrected chi connectivity index (χ3v) is 10.8. The molecule has 11 heteroatoms. The number of benzene rings is 2. The van der Waals surface area contributed by atoms with Gasteiger partial charge in [-0.1, -0.05) is 62.9 Å². The van der Waals surface area contributed by atoms with Crippen LogP contribution in [0.3, 0.4) is 0 Å². The number of esters is 1. The largest absolute Gasteiger partial charge is 0.455 e. The van der Waals surface area contributed by atoms with Gasteiger partial charge in [0.05, 0.1) is 23.7 Å². The predicted octanol–water partition coefficient (Wildman–Crippen LogP) is 6.54. The fourth-order valence-electron chi connectivity index (χ4n) is 2.96. The van der Waals surface area contributed by atoms with E-state index < -0.39 is 44.0 Å². The van der Waals surface area contributed by atoms with E-state index in [1.54, 1.807) is 0 Å². The third kappa shape index (κ3) is 9.27. The smallest absolute Gasteiger partial charge is 0.406 e. The Labute approximate surface area is 221 Å². The molecule has 2 aromatic rings. The molecule has 0 N–H and O–H groups in total. The molecule has 0 unspecified atom stereocenters. The Hall–Kier alpha value is -3.20. The highest BCUT2D eigenvalue weighted by atomic mass is 28.4.